The van der Waals surface area contributed by atoms with Gasteiger partial charge in [-0.05, 0) is 37.6 Å². The van der Waals surface area contributed by atoms with Gasteiger partial charge in [0.25, 0.3) is 15.7 Å². The number of nitrogens with zero attached hydrogens (tertiary/aromatic N) is 2. The van der Waals surface area contributed by atoms with E-state index in [1.807, 2.05) is 13.0 Å². The average molecular weight is 360 g/mol. The lowest BCUT2D eigenvalue weighted by Crippen LogP contribution is -2.17. The van der Waals surface area contributed by atoms with Gasteiger partial charge in [0, 0.05) is 12.6 Å². The monoisotopic (exact) mass is 360 g/mol. The molecule has 25 heavy (non-hydrogen) atoms. The lowest BCUT2D eigenvalue weighted by Gasteiger charge is -2.15. The minimum Gasteiger partial charge on any atom is -0.384 e. The van der Waals surface area contributed by atoms with E-state index in [0.29, 0.717) is 12.2 Å². The van der Waals surface area contributed by atoms with Crippen LogP contribution in [0, 0.1) is 28.4 Å². The first kappa shape index (κ1) is 18.2. The maximum absolute atomic E-state index is 12.8. The Hall–Kier alpha value is -3.12. The molecule has 8 nitrogen and oxygen atoms in total. The Morgan fingerprint density at radius 2 is 1.96 bits per heavy atom. The van der Waals surface area contributed by atoms with Crippen molar-refractivity contribution in [3.8, 4) is 6.07 Å². The Balaban J connectivity index is 2.58. The number of aryl methyl sites for hydroxylation is 1. The highest BCUT2D eigenvalue weighted by molar-refractivity contribution is 7.93. The number of anilines is 2. The first-order valence-corrected chi connectivity index (χ1v) is 8.83. The van der Waals surface area contributed by atoms with Crippen molar-refractivity contribution in [2.24, 2.45) is 0 Å². The lowest BCUT2D eigenvalue weighted by molar-refractivity contribution is -0.387. The topological polar surface area (TPSA) is 125 Å². The van der Waals surface area contributed by atoms with Crippen molar-refractivity contribution in [3.05, 3.63) is 57.6 Å². The summed E-state index contributed by atoms with van der Waals surface area (Å²) in [5, 5.41) is 23.2. The third-order valence-electron chi connectivity index (χ3n) is 3.42. The highest BCUT2D eigenvalue weighted by Crippen LogP contribution is 2.31. The molecule has 0 aliphatic rings. The number of rotatable bonds is 6. The Kier molecular flexibility index (Phi) is 5.24. The second-order valence-corrected chi connectivity index (χ2v) is 6.81. The molecule has 130 valence electrons. The van der Waals surface area contributed by atoms with Crippen molar-refractivity contribution in [1.29, 1.82) is 5.26 Å². The number of sulfonamides is 1. The second kappa shape index (κ2) is 7.19. The third kappa shape index (κ3) is 3.87. The first-order valence-electron chi connectivity index (χ1n) is 7.35. The van der Waals surface area contributed by atoms with E-state index in [-0.39, 0.29) is 16.8 Å². The number of hydrogen-bond acceptors (Lipinski definition) is 6. The average Bonchev–Trinajstić information content (AvgIpc) is 2.55. The van der Waals surface area contributed by atoms with Crippen LogP contribution >= 0.6 is 0 Å². The number of nitro benzene ring substituents is 1. The molecule has 0 amide bonds. The van der Waals surface area contributed by atoms with E-state index >= 15 is 0 Å². The minimum absolute atomic E-state index is 0.151. The van der Waals surface area contributed by atoms with Gasteiger partial charge in [0.15, 0.2) is 4.90 Å². The van der Waals surface area contributed by atoms with Crippen LogP contribution in [0.4, 0.5) is 17.1 Å². The van der Waals surface area contributed by atoms with E-state index in [1.165, 1.54) is 25.1 Å². The highest BCUT2D eigenvalue weighted by Gasteiger charge is 2.28. The van der Waals surface area contributed by atoms with Gasteiger partial charge in [0.05, 0.1) is 27.9 Å². The summed E-state index contributed by atoms with van der Waals surface area (Å²) in [5.41, 5.74) is 0.635. The summed E-state index contributed by atoms with van der Waals surface area (Å²) in [6, 6.07) is 10.5. The molecule has 9 heteroatoms. The molecule has 0 saturated carbocycles. The molecule has 0 heterocycles. The fourth-order valence-electron chi connectivity index (χ4n) is 2.37. The zero-order chi connectivity index (χ0) is 18.6. The SMILES string of the molecule is CCNc1ccc(C#N)cc1NS(=O)(=O)c1c(C)cccc1[N+](=O)[O-]. The van der Waals surface area contributed by atoms with Crippen LogP contribution in [0.5, 0.6) is 0 Å². The second-order valence-electron chi connectivity index (χ2n) is 5.19. The van der Waals surface area contributed by atoms with Crippen LogP contribution < -0.4 is 10.0 Å². The molecule has 0 spiro atoms. The summed E-state index contributed by atoms with van der Waals surface area (Å²) in [7, 11) is -4.23. The van der Waals surface area contributed by atoms with E-state index in [1.54, 1.807) is 12.1 Å². The van der Waals surface area contributed by atoms with Crippen molar-refractivity contribution >= 4 is 27.1 Å². The van der Waals surface area contributed by atoms with Gasteiger partial charge in [-0.2, -0.15) is 5.26 Å². The Morgan fingerprint density at radius 3 is 2.56 bits per heavy atom. The van der Waals surface area contributed by atoms with Gasteiger partial charge in [-0.3, -0.25) is 14.8 Å². The fraction of sp³-hybridized carbons (Fsp3) is 0.188. The predicted octanol–water partition coefficient (Wildman–Crippen LogP) is 3.01. The molecule has 0 radical (unpaired) electrons. The van der Waals surface area contributed by atoms with Gasteiger partial charge in [-0.25, -0.2) is 8.42 Å². The van der Waals surface area contributed by atoms with Gasteiger partial charge in [-0.1, -0.05) is 12.1 Å². The molecule has 2 aromatic rings. The van der Waals surface area contributed by atoms with Crippen LogP contribution in [0.3, 0.4) is 0 Å². The van der Waals surface area contributed by atoms with E-state index in [2.05, 4.69) is 10.0 Å². The molecule has 0 aliphatic carbocycles. The summed E-state index contributed by atoms with van der Waals surface area (Å²) in [5.74, 6) is 0. The van der Waals surface area contributed by atoms with E-state index in [9.17, 15) is 18.5 Å². The van der Waals surface area contributed by atoms with Gasteiger partial charge >= 0.3 is 0 Å². The minimum atomic E-state index is -4.23. The maximum Gasteiger partial charge on any atom is 0.290 e. The third-order valence-corrected chi connectivity index (χ3v) is 4.97. The van der Waals surface area contributed by atoms with Crippen LogP contribution in [0.2, 0.25) is 0 Å². The highest BCUT2D eigenvalue weighted by atomic mass is 32.2. The predicted molar refractivity (Wildman–Crippen MR) is 94.0 cm³/mol. The van der Waals surface area contributed by atoms with Crippen LogP contribution in [0.25, 0.3) is 0 Å². The summed E-state index contributed by atoms with van der Waals surface area (Å²) in [6.45, 7) is 3.85. The van der Waals surface area contributed by atoms with Crippen molar-refractivity contribution < 1.29 is 13.3 Å². The van der Waals surface area contributed by atoms with Crippen LogP contribution in [-0.4, -0.2) is 19.9 Å². The molecular weight excluding hydrogens is 344 g/mol. The van der Waals surface area contributed by atoms with Gasteiger partial charge in [0.1, 0.15) is 0 Å². The zero-order valence-electron chi connectivity index (χ0n) is 13.6. The van der Waals surface area contributed by atoms with Gasteiger partial charge in [-0.15, -0.1) is 0 Å². The molecule has 2 aromatic carbocycles. The molecule has 2 N–H and O–H groups in total. The van der Waals surface area contributed by atoms with E-state index in [4.69, 9.17) is 5.26 Å². The quantitative estimate of drug-likeness (QED) is 0.602. The molecule has 0 aliphatic heterocycles. The Labute approximate surface area is 145 Å². The Bertz CT molecular complexity index is 965. The number of nitriles is 1. The van der Waals surface area contributed by atoms with Gasteiger partial charge in [0.2, 0.25) is 0 Å². The fourth-order valence-corrected chi connectivity index (χ4v) is 3.84. The number of benzene rings is 2. The molecular formula is C16H16N4O4S. The smallest absolute Gasteiger partial charge is 0.290 e. The van der Waals surface area contributed by atoms with Crippen molar-refractivity contribution in [3.63, 3.8) is 0 Å². The largest absolute Gasteiger partial charge is 0.384 e. The Morgan fingerprint density at radius 1 is 1.24 bits per heavy atom. The standard InChI is InChI=1S/C16H16N4O4S/c1-3-18-13-8-7-12(10-17)9-14(13)19-25(23,24)16-11(2)5-4-6-15(16)20(21)22/h4-9,18-19H,3H2,1-2H3. The molecule has 0 aromatic heterocycles. The summed E-state index contributed by atoms with van der Waals surface area (Å²) in [6.07, 6.45) is 0. The summed E-state index contributed by atoms with van der Waals surface area (Å²) >= 11 is 0. The van der Waals surface area contributed by atoms with E-state index in [0.717, 1.165) is 6.07 Å². The van der Waals surface area contributed by atoms with Gasteiger partial charge < -0.3 is 5.32 Å². The van der Waals surface area contributed by atoms with Crippen LogP contribution in [-0.2, 0) is 10.0 Å². The molecule has 0 saturated heterocycles. The van der Waals surface area contributed by atoms with E-state index < -0.39 is 25.5 Å². The normalized spacial score (nSPS) is 10.8. The summed E-state index contributed by atoms with van der Waals surface area (Å²) in [4.78, 5) is 10.1. The molecule has 0 atom stereocenters. The first-order chi connectivity index (χ1) is 11.8. The number of nitrogens with one attached hydrogen (secondary N) is 2. The summed E-state index contributed by atoms with van der Waals surface area (Å²) < 4.78 is 27.9. The molecule has 0 unspecified atom stereocenters. The number of nitro groups is 1. The molecule has 2 rings (SSSR count). The van der Waals surface area contributed by atoms with Crippen molar-refractivity contribution in [2.45, 2.75) is 18.7 Å². The zero-order valence-corrected chi connectivity index (χ0v) is 14.4. The van der Waals surface area contributed by atoms with Crippen molar-refractivity contribution in [1.82, 2.24) is 0 Å². The maximum atomic E-state index is 12.8. The van der Waals surface area contributed by atoms with Crippen LogP contribution in [0.1, 0.15) is 18.1 Å². The molecule has 0 fully saturated rings. The number of hydrogen-bond donors (Lipinski definition) is 2. The van der Waals surface area contributed by atoms with Crippen molar-refractivity contribution in [2.75, 3.05) is 16.6 Å². The van der Waals surface area contributed by atoms with Crippen LogP contribution in [0.15, 0.2) is 41.3 Å². The molecule has 0 bridgehead atoms. The lowest BCUT2D eigenvalue weighted by atomic mass is 10.2.